The Labute approximate surface area is 258 Å². The fourth-order valence-electron chi connectivity index (χ4n) is 6.36. The quantitative estimate of drug-likeness (QED) is 0.322. The maximum Gasteiger partial charge on any atom is 0.254 e. The van der Waals surface area contributed by atoms with Crippen molar-refractivity contribution in [2.75, 3.05) is 56.2 Å². The van der Waals surface area contributed by atoms with Crippen LogP contribution in [0.1, 0.15) is 35.8 Å². The van der Waals surface area contributed by atoms with Gasteiger partial charge in [-0.3, -0.25) is 9.78 Å². The third kappa shape index (κ3) is 5.72. The van der Waals surface area contributed by atoms with Gasteiger partial charge in [0.2, 0.25) is 0 Å². The number of H-pyrrole nitrogens is 1. The molecule has 4 aromatic rings. The van der Waals surface area contributed by atoms with Gasteiger partial charge < -0.3 is 24.8 Å². The fourth-order valence-corrected chi connectivity index (χ4v) is 7.58. The van der Waals surface area contributed by atoms with Crippen LogP contribution in [0.25, 0.3) is 22.3 Å². The molecule has 0 bridgehead atoms. The van der Waals surface area contributed by atoms with Gasteiger partial charge in [-0.25, -0.2) is 18.5 Å². The van der Waals surface area contributed by atoms with Crippen molar-refractivity contribution in [2.24, 2.45) is 0 Å². The van der Waals surface area contributed by atoms with Crippen LogP contribution in [0.5, 0.6) is 0 Å². The Morgan fingerprint density at radius 2 is 1.93 bits per heavy atom. The molecule has 2 fully saturated rings. The Hall–Kier alpha value is -4.13. The highest BCUT2D eigenvalue weighted by atomic mass is 32.2. The normalized spacial score (nSPS) is 22.5. The van der Waals surface area contributed by atoms with Crippen molar-refractivity contribution in [3.05, 3.63) is 77.7 Å². The van der Waals surface area contributed by atoms with Crippen LogP contribution in [0.4, 0.5) is 11.5 Å². The Morgan fingerprint density at radius 1 is 1.09 bits per heavy atom. The zero-order chi connectivity index (χ0) is 30.1. The lowest BCUT2D eigenvalue weighted by atomic mass is 9.90. The smallest absolute Gasteiger partial charge is 0.254 e. The van der Waals surface area contributed by atoms with Crippen molar-refractivity contribution in [2.45, 2.75) is 31.8 Å². The van der Waals surface area contributed by atoms with Gasteiger partial charge in [0.25, 0.3) is 5.91 Å². The Balaban J connectivity index is 0.999. The standard InChI is InChI=1S/C32H36N8O3S/c1-32(40-12-3-17-44(40)42)9-2-11-39(21-32)31(41)24-8-10-33-26(18-24)20-34-25-6-4-23(5-7-25)28-19-27-29(37-28)35-22-36-30(27)38-13-15-43-16-14-38/h3-8,10,17-19,22,34H,2,9,11-16,20-21H2,1H3,(H,35,36,37). The van der Waals surface area contributed by atoms with Gasteiger partial charge >= 0.3 is 0 Å². The summed E-state index contributed by atoms with van der Waals surface area (Å²) in [6.45, 7) is 7.54. The van der Waals surface area contributed by atoms with Crippen LogP contribution in [0, 0.1) is 0 Å². The molecule has 11 nitrogen and oxygen atoms in total. The molecule has 3 aliphatic heterocycles. The molecule has 7 rings (SSSR count). The Kier molecular flexibility index (Phi) is 7.87. The van der Waals surface area contributed by atoms with E-state index in [4.69, 9.17) is 4.74 Å². The zero-order valence-corrected chi connectivity index (χ0v) is 25.6. The van der Waals surface area contributed by atoms with Crippen molar-refractivity contribution < 1.29 is 13.7 Å². The summed E-state index contributed by atoms with van der Waals surface area (Å²) in [6.07, 6.45) is 7.04. The van der Waals surface area contributed by atoms with Crippen LogP contribution in [0.2, 0.25) is 0 Å². The van der Waals surface area contributed by atoms with Gasteiger partial charge in [-0.1, -0.05) is 18.2 Å². The number of nitrogens with one attached hydrogen (secondary N) is 2. The molecule has 1 aromatic carbocycles. The van der Waals surface area contributed by atoms with Gasteiger partial charge in [0.05, 0.1) is 30.8 Å². The summed E-state index contributed by atoms with van der Waals surface area (Å²) in [6, 6.07) is 14.0. The number of aromatic amines is 1. The van der Waals surface area contributed by atoms with Crippen LogP contribution in [0.15, 0.2) is 66.5 Å². The maximum absolute atomic E-state index is 13.5. The van der Waals surface area contributed by atoms with Crippen molar-refractivity contribution in [1.82, 2.24) is 29.1 Å². The monoisotopic (exact) mass is 612 g/mol. The minimum atomic E-state index is -1.13. The number of carbonyl (C=O) groups excluding carboxylic acids is 1. The molecular formula is C32H36N8O3S. The molecule has 12 heteroatoms. The van der Waals surface area contributed by atoms with Crippen LogP contribution >= 0.6 is 0 Å². The van der Waals surface area contributed by atoms with E-state index in [1.165, 1.54) is 0 Å². The molecular weight excluding hydrogens is 576 g/mol. The molecule has 228 valence electrons. The molecule has 1 amide bonds. The molecule has 2 atom stereocenters. The minimum absolute atomic E-state index is 0.0123. The highest BCUT2D eigenvalue weighted by Gasteiger charge is 2.41. The largest absolute Gasteiger partial charge is 0.379 e. The highest BCUT2D eigenvalue weighted by Crippen LogP contribution is 2.32. The second-order valence-corrected chi connectivity index (χ2v) is 13.0. The average Bonchev–Trinajstić information content (AvgIpc) is 3.71. The first-order valence-electron chi connectivity index (χ1n) is 15.1. The number of morpholine rings is 1. The van der Waals surface area contributed by atoms with Crippen molar-refractivity contribution in [3.63, 3.8) is 0 Å². The summed E-state index contributed by atoms with van der Waals surface area (Å²) >= 11 is 0. The molecule has 2 unspecified atom stereocenters. The van der Waals surface area contributed by atoms with E-state index in [0.29, 0.717) is 45.0 Å². The number of aromatic nitrogens is 4. The second kappa shape index (κ2) is 12.1. The fraction of sp³-hybridized carbons (Fsp3) is 0.375. The number of hydrogen-bond acceptors (Lipinski definition) is 8. The molecule has 6 heterocycles. The molecule has 2 N–H and O–H groups in total. The van der Waals surface area contributed by atoms with E-state index in [-0.39, 0.29) is 11.4 Å². The lowest BCUT2D eigenvalue weighted by Crippen LogP contribution is -2.57. The number of anilines is 2. The van der Waals surface area contributed by atoms with Gasteiger partial charge in [-0.2, -0.15) is 0 Å². The van der Waals surface area contributed by atoms with E-state index in [2.05, 4.69) is 55.3 Å². The number of hydrogen-bond donors (Lipinski definition) is 2. The number of pyridine rings is 1. The third-order valence-electron chi connectivity index (χ3n) is 8.71. The van der Waals surface area contributed by atoms with Gasteiger partial charge in [-0.15, -0.1) is 0 Å². The molecule has 3 aliphatic rings. The van der Waals surface area contributed by atoms with Crippen molar-refractivity contribution in [3.8, 4) is 11.3 Å². The average molecular weight is 613 g/mol. The van der Waals surface area contributed by atoms with E-state index < -0.39 is 11.0 Å². The van der Waals surface area contributed by atoms with E-state index in [9.17, 15) is 9.00 Å². The number of rotatable bonds is 7. The predicted octanol–water partition coefficient (Wildman–Crippen LogP) is 3.96. The van der Waals surface area contributed by atoms with Crippen molar-refractivity contribution >= 4 is 39.4 Å². The van der Waals surface area contributed by atoms with Crippen LogP contribution in [0.3, 0.4) is 0 Å². The lowest BCUT2D eigenvalue weighted by molar-refractivity contribution is 0.0522. The van der Waals surface area contributed by atoms with Gasteiger partial charge in [0, 0.05) is 66.8 Å². The SMILES string of the molecule is CC1(N2CC=CS2=O)CCCN(C(=O)c2ccnc(CNc3ccc(-c4cc5c(N6CCOCC6)ncnc5[nH]4)cc3)c2)C1. The number of benzene rings is 1. The summed E-state index contributed by atoms with van der Waals surface area (Å²) in [5.74, 6) is 0.920. The number of fused-ring (bicyclic) bond motifs is 1. The topological polar surface area (TPSA) is 120 Å². The van der Waals surface area contributed by atoms with Gasteiger partial charge in [0.1, 0.15) is 28.8 Å². The van der Waals surface area contributed by atoms with Crippen LogP contribution in [-0.4, -0.2) is 90.7 Å². The molecule has 0 spiro atoms. The number of amides is 1. The summed E-state index contributed by atoms with van der Waals surface area (Å²) in [4.78, 5) is 34.6. The molecule has 0 aliphatic carbocycles. The molecule has 3 aromatic heterocycles. The summed E-state index contributed by atoms with van der Waals surface area (Å²) in [5.41, 5.74) is 4.90. The maximum atomic E-state index is 13.5. The molecule has 44 heavy (non-hydrogen) atoms. The Bertz CT molecular complexity index is 1720. The molecule has 0 saturated carbocycles. The number of nitrogens with zero attached hydrogens (tertiary/aromatic N) is 6. The van der Waals surface area contributed by atoms with Crippen molar-refractivity contribution in [1.29, 1.82) is 0 Å². The second-order valence-electron chi connectivity index (χ2n) is 11.7. The lowest BCUT2D eigenvalue weighted by Gasteiger charge is -2.45. The molecule has 2 saturated heterocycles. The molecule has 0 radical (unpaired) electrons. The highest BCUT2D eigenvalue weighted by molar-refractivity contribution is 7.85. The first-order valence-corrected chi connectivity index (χ1v) is 16.2. The first-order chi connectivity index (χ1) is 21.5. The summed E-state index contributed by atoms with van der Waals surface area (Å²) in [7, 11) is -1.13. The number of piperidine rings is 1. The van der Waals surface area contributed by atoms with E-state index >= 15 is 0 Å². The van der Waals surface area contributed by atoms with Gasteiger partial charge in [0.15, 0.2) is 0 Å². The summed E-state index contributed by atoms with van der Waals surface area (Å²) < 4.78 is 20.0. The zero-order valence-electron chi connectivity index (χ0n) is 24.7. The number of likely N-dealkylation sites (tertiary alicyclic amines) is 1. The number of ether oxygens (including phenoxy) is 1. The minimum Gasteiger partial charge on any atom is -0.379 e. The van der Waals surface area contributed by atoms with Crippen LogP contribution < -0.4 is 10.2 Å². The summed E-state index contributed by atoms with van der Waals surface area (Å²) in [5, 5.41) is 6.17. The van der Waals surface area contributed by atoms with E-state index in [1.807, 2.05) is 33.5 Å². The number of carbonyl (C=O) groups is 1. The van der Waals surface area contributed by atoms with Crippen LogP contribution in [-0.2, 0) is 22.3 Å². The predicted molar refractivity (Wildman–Crippen MR) is 171 cm³/mol. The Morgan fingerprint density at radius 3 is 2.73 bits per heavy atom. The third-order valence-corrected chi connectivity index (χ3v) is 10.2. The van der Waals surface area contributed by atoms with E-state index in [1.54, 1.807) is 24.0 Å². The van der Waals surface area contributed by atoms with Gasteiger partial charge in [-0.05, 0) is 55.7 Å². The van der Waals surface area contributed by atoms with E-state index in [0.717, 1.165) is 65.4 Å². The first kappa shape index (κ1) is 28.6.